The van der Waals surface area contributed by atoms with Crippen LogP contribution in [0.4, 0.5) is 11.4 Å². The van der Waals surface area contributed by atoms with Gasteiger partial charge >= 0.3 is 0 Å². The van der Waals surface area contributed by atoms with Gasteiger partial charge in [0.2, 0.25) is 23.5 Å². The number of nitrogens with zero attached hydrogens (tertiary/aromatic N) is 3. The van der Waals surface area contributed by atoms with Crippen LogP contribution in [0, 0.1) is 5.92 Å². The fraction of sp³-hybridized carbons (Fsp3) is 0.360. The summed E-state index contributed by atoms with van der Waals surface area (Å²) in [5.41, 5.74) is 2.11. The summed E-state index contributed by atoms with van der Waals surface area (Å²) in [7, 11) is 0. The summed E-state index contributed by atoms with van der Waals surface area (Å²) >= 11 is 0. The lowest BCUT2D eigenvalue weighted by Crippen LogP contribution is -2.28. The van der Waals surface area contributed by atoms with E-state index in [4.69, 9.17) is 9.26 Å². The number of benzene rings is 2. The highest BCUT2D eigenvalue weighted by atomic mass is 16.5. The number of hydrogen-bond acceptors (Lipinski definition) is 6. The second-order valence-corrected chi connectivity index (χ2v) is 8.46. The average Bonchev–Trinajstić information content (AvgIpc) is 3.41. The van der Waals surface area contributed by atoms with E-state index in [1.807, 2.05) is 49.4 Å². The van der Waals surface area contributed by atoms with Crippen LogP contribution in [0.15, 0.2) is 53.1 Å². The van der Waals surface area contributed by atoms with Crippen LogP contribution < -0.4 is 15.0 Å². The molecule has 2 heterocycles. The molecular weight excluding hydrogens is 420 g/mol. The maximum Gasteiger partial charge on any atom is 0.230 e. The van der Waals surface area contributed by atoms with Crippen molar-refractivity contribution >= 4 is 23.2 Å². The SMILES string of the molecule is CCOc1ccccc1NC(=O)[C@@H]1CC(=O)N(c2cccc(-c3noc(C4CCC4)n3)c2)C1. The number of amides is 2. The maximum atomic E-state index is 12.9. The molecule has 2 aromatic carbocycles. The van der Waals surface area contributed by atoms with Crippen molar-refractivity contribution in [2.45, 2.75) is 38.5 Å². The van der Waals surface area contributed by atoms with Gasteiger partial charge in [-0.3, -0.25) is 9.59 Å². The maximum absolute atomic E-state index is 12.9. The first kappa shape index (κ1) is 21.2. The second kappa shape index (κ2) is 9.05. The number of para-hydroxylation sites is 2. The zero-order valence-corrected chi connectivity index (χ0v) is 18.5. The van der Waals surface area contributed by atoms with Crippen molar-refractivity contribution in [2.24, 2.45) is 5.92 Å². The van der Waals surface area contributed by atoms with Crippen molar-refractivity contribution in [3.8, 4) is 17.1 Å². The molecule has 170 valence electrons. The summed E-state index contributed by atoms with van der Waals surface area (Å²) in [4.78, 5) is 31.9. The van der Waals surface area contributed by atoms with E-state index in [9.17, 15) is 9.59 Å². The monoisotopic (exact) mass is 446 g/mol. The van der Waals surface area contributed by atoms with Gasteiger partial charge in [0, 0.05) is 30.1 Å². The van der Waals surface area contributed by atoms with Crippen LogP contribution in [-0.2, 0) is 9.59 Å². The number of carbonyl (C=O) groups is 2. The third-order valence-electron chi connectivity index (χ3n) is 6.25. The van der Waals surface area contributed by atoms with E-state index in [1.54, 1.807) is 11.0 Å². The minimum atomic E-state index is -0.453. The molecule has 1 aromatic heterocycles. The molecule has 8 heteroatoms. The van der Waals surface area contributed by atoms with Gasteiger partial charge in [0.05, 0.1) is 18.2 Å². The van der Waals surface area contributed by atoms with Crippen LogP contribution in [0.2, 0.25) is 0 Å². The number of anilines is 2. The fourth-order valence-corrected chi connectivity index (χ4v) is 4.21. The van der Waals surface area contributed by atoms with E-state index < -0.39 is 5.92 Å². The average molecular weight is 447 g/mol. The third kappa shape index (κ3) is 4.33. The Morgan fingerprint density at radius 2 is 2.06 bits per heavy atom. The highest BCUT2D eigenvalue weighted by molar-refractivity contribution is 6.04. The summed E-state index contributed by atoms with van der Waals surface area (Å²) in [6, 6.07) is 14.8. The Balaban J connectivity index is 1.29. The quantitative estimate of drug-likeness (QED) is 0.578. The van der Waals surface area contributed by atoms with E-state index >= 15 is 0 Å². The minimum Gasteiger partial charge on any atom is -0.492 e. The van der Waals surface area contributed by atoms with Crippen LogP contribution in [0.5, 0.6) is 5.75 Å². The van der Waals surface area contributed by atoms with Gasteiger partial charge < -0.3 is 19.5 Å². The molecule has 2 aliphatic rings. The molecule has 1 aliphatic carbocycles. The Morgan fingerprint density at radius 1 is 1.21 bits per heavy atom. The summed E-state index contributed by atoms with van der Waals surface area (Å²) in [5.74, 6) is 1.44. The van der Waals surface area contributed by atoms with Gasteiger partial charge in [0.15, 0.2) is 0 Å². The largest absolute Gasteiger partial charge is 0.492 e. The Morgan fingerprint density at radius 3 is 2.85 bits per heavy atom. The Bertz CT molecular complexity index is 1170. The number of hydrogen-bond donors (Lipinski definition) is 1. The molecule has 2 amide bonds. The number of nitrogens with one attached hydrogen (secondary N) is 1. The zero-order valence-electron chi connectivity index (χ0n) is 18.5. The van der Waals surface area contributed by atoms with Crippen LogP contribution in [0.25, 0.3) is 11.4 Å². The lowest BCUT2D eigenvalue weighted by atomic mass is 9.85. The Labute approximate surface area is 191 Å². The van der Waals surface area contributed by atoms with Gasteiger partial charge in [-0.15, -0.1) is 0 Å². The van der Waals surface area contributed by atoms with Gasteiger partial charge in [-0.2, -0.15) is 4.98 Å². The number of rotatable bonds is 7. The first-order valence-electron chi connectivity index (χ1n) is 11.4. The summed E-state index contributed by atoms with van der Waals surface area (Å²) < 4.78 is 11.0. The smallest absolute Gasteiger partial charge is 0.230 e. The van der Waals surface area contributed by atoms with Crippen molar-refractivity contribution in [1.82, 2.24) is 10.1 Å². The molecular formula is C25H26N4O4. The third-order valence-corrected chi connectivity index (χ3v) is 6.25. The lowest BCUT2D eigenvalue weighted by Gasteiger charge is -2.20. The Hall–Kier alpha value is -3.68. The highest BCUT2D eigenvalue weighted by Gasteiger charge is 2.35. The first-order chi connectivity index (χ1) is 16.1. The molecule has 0 spiro atoms. The molecule has 0 unspecified atom stereocenters. The number of carbonyl (C=O) groups excluding carboxylic acids is 2. The molecule has 1 saturated carbocycles. The first-order valence-corrected chi connectivity index (χ1v) is 11.4. The van der Waals surface area contributed by atoms with Crippen LogP contribution in [0.1, 0.15) is 44.4 Å². The molecule has 2 fully saturated rings. The number of aromatic nitrogens is 2. The standard InChI is InChI=1S/C25H26N4O4/c1-2-32-21-12-4-3-11-20(21)26-24(31)18-14-22(30)29(15-18)19-10-6-9-17(13-19)23-27-25(33-28-23)16-7-5-8-16/h3-4,6,9-13,16,18H,2,5,7-8,14-15H2,1H3,(H,26,31)/t18-/m1/s1. The molecule has 0 bridgehead atoms. The molecule has 1 saturated heterocycles. The van der Waals surface area contributed by atoms with Gasteiger partial charge in [-0.1, -0.05) is 35.8 Å². The van der Waals surface area contributed by atoms with E-state index in [1.165, 1.54) is 6.42 Å². The fourth-order valence-electron chi connectivity index (χ4n) is 4.21. The van der Waals surface area contributed by atoms with Crippen molar-refractivity contribution in [2.75, 3.05) is 23.4 Å². The normalized spacial score (nSPS) is 18.3. The van der Waals surface area contributed by atoms with Crippen molar-refractivity contribution in [1.29, 1.82) is 0 Å². The summed E-state index contributed by atoms with van der Waals surface area (Å²) in [6.07, 6.45) is 3.52. The molecule has 0 radical (unpaired) electrons. The van der Waals surface area contributed by atoms with Crippen LogP contribution in [-0.4, -0.2) is 35.1 Å². The van der Waals surface area contributed by atoms with E-state index in [0.29, 0.717) is 42.2 Å². The molecule has 1 atom stereocenters. The van der Waals surface area contributed by atoms with E-state index in [0.717, 1.165) is 24.1 Å². The number of ether oxygens (including phenoxy) is 1. The zero-order chi connectivity index (χ0) is 22.8. The second-order valence-electron chi connectivity index (χ2n) is 8.46. The molecule has 1 N–H and O–H groups in total. The Kier molecular flexibility index (Phi) is 5.81. The molecule has 1 aliphatic heterocycles. The topological polar surface area (TPSA) is 97.6 Å². The van der Waals surface area contributed by atoms with E-state index in [2.05, 4.69) is 15.5 Å². The van der Waals surface area contributed by atoms with Crippen LogP contribution in [0.3, 0.4) is 0 Å². The predicted octanol–water partition coefficient (Wildman–Crippen LogP) is 4.39. The summed E-state index contributed by atoms with van der Waals surface area (Å²) in [5, 5.41) is 7.04. The van der Waals surface area contributed by atoms with Crippen molar-refractivity contribution < 1.29 is 18.8 Å². The van der Waals surface area contributed by atoms with Crippen LogP contribution >= 0.6 is 0 Å². The van der Waals surface area contributed by atoms with Gasteiger partial charge in [-0.05, 0) is 44.0 Å². The van der Waals surface area contributed by atoms with Crippen molar-refractivity contribution in [3.05, 3.63) is 54.4 Å². The van der Waals surface area contributed by atoms with Gasteiger partial charge in [0.1, 0.15) is 5.75 Å². The highest BCUT2D eigenvalue weighted by Crippen LogP contribution is 2.36. The van der Waals surface area contributed by atoms with E-state index in [-0.39, 0.29) is 18.2 Å². The van der Waals surface area contributed by atoms with Gasteiger partial charge in [-0.25, -0.2) is 0 Å². The minimum absolute atomic E-state index is 0.0892. The lowest BCUT2D eigenvalue weighted by molar-refractivity contribution is -0.122. The molecule has 5 rings (SSSR count). The molecule has 8 nitrogen and oxygen atoms in total. The molecule has 33 heavy (non-hydrogen) atoms. The van der Waals surface area contributed by atoms with Gasteiger partial charge in [0.25, 0.3) is 0 Å². The summed E-state index contributed by atoms with van der Waals surface area (Å²) in [6.45, 7) is 2.70. The predicted molar refractivity (Wildman–Crippen MR) is 123 cm³/mol. The van der Waals surface area contributed by atoms with Crippen molar-refractivity contribution in [3.63, 3.8) is 0 Å². The molecule has 3 aromatic rings.